The van der Waals surface area contributed by atoms with E-state index in [0.29, 0.717) is 17.4 Å². The fourth-order valence-corrected chi connectivity index (χ4v) is 2.28. The van der Waals surface area contributed by atoms with Crippen LogP contribution in [0.25, 0.3) is 0 Å². The number of carbonyl (C=O) groups excluding carboxylic acids is 1. The maximum Gasteiger partial charge on any atom is 0.272 e. The van der Waals surface area contributed by atoms with E-state index in [4.69, 9.17) is 11.6 Å². The lowest BCUT2D eigenvalue weighted by Crippen LogP contribution is -2.24. The number of aryl methyl sites for hydroxylation is 1. The van der Waals surface area contributed by atoms with Gasteiger partial charge in [0, 0.05) is 16.9 Å². The first-order valence-electron chi connectivity index (χ1n) is 7.67. The van der Waals surface area contributed by atoms with E-state index in [-0.39, 0.29) is 11.6 Å². The summed E-state index contributed by atoms with van der Waals surface area (Å²) in [5.74, 6) is 0.226. The summed E-state index contributed by atoms with van der Waals surface area (Å²) in [6.45, 7) is 2.27. The number of carbonyl (C=O) groups is 1. The zero-order chi connectivity index (χ0) is 17.6. The molecule has 6 nitrogen and oxygen atoms in total. The molecule has 0 aliphatic heterocycles. The highest BCUT2D eigenvalue weighted by Gasteiger charge is 2.08. The van der Waals surface area contributed by atoms with Crippen LogP contribution in [-0.4, -0.2) is 21.1 Å². The molecule has 0 atom stereocenters. The molecule has 126 valence electrons. The smallest absolute Gasteiger partial charge is 0.272 e. The normalized spacial score (nSPS) is 10.3. The van der Waals surface area contributed by atoms with Gasteiger partial charge in [-0.05, 0) is 48.9 Å². The number of halogens is 1. The van der Waals surface area contributed by atoms with Crippen LogP contribution in [-0.2, 0) is 6.54 Å². The summed E-state index contributed by atoms with van der Waals surface area (Å²) >= 11 is 6.10. The van der Waals surface area contributed by atoms with E-state index in [0.717, 1.165) is 16.9 Å². The quantitative estimate of drug-likeness (QED) is 0.733. The Kier molecular flexibility index (Phi) is 5.20. The summed E-state index contributed by atoms with van der Waals surface area (Å²) in [6, 6.07) is 14.5. The average Bonchev–Trinajstić information content (AvgIpc) is 2.64. The maximum absolute atomic E-state index is 12.1. The Morgan fingerprint density at radius 1 is 1.12 bits per heavy atom. The van der Waals surface area contributed by atoms with Crippen molar-refractivity contribution in [3.05, 3.63) is 76.7 Å². The minimum Gasteiger partial charge on any atom is -0.345 e. The number of nitrogens with one attached hydrogen (secondary N) is 2. The van der Waals surface area contributed by atoms with Crippen LogP contribution >= 0.6 is 11.6 Å². The standard InChI is InChI=1S/C18H16ClN5O/c1-12-5-6-13(10-15(12)19)22-17-8-7-16(23-24-17)18(25)21-11-14-4-2-3-9-20-14/h2-10H,11H2,1H3,(H,21,25)(H,22,24). The van der Waals surface area contributed by atoms with Gasteiger partial charge in [0.05, 0.1) is 12.2 Å². The Morgan fingerprint density at radius 3 is 2.68 bits per heavy atom. The summed E-state index contributed by atoms with van der Waals surface area (Å²) in [7, 11) is 0. The summed E-state index contributed by atoms with van der Waals surface area (Å²) < 4.78 is 0. The monoisotopic (exact) mass is 353 g/mol. The van der Waals surface area contributed by atoms with Crippen molar-refractivity contribution in [3.8, 4) is 0 Å². The lowest BCUT2D eigenvalue weighted by molar-refractivity contribution is 0.0944. The number of nitrogens with zero attached hydrogens (tertiary/aromatic N) is 3. The van der Waals surface area contributed by atoms with Crippen molar-refractivity contribution in [1.29, 1.82) is 0 Å². The third-order valence-corrected chi connectivity index (χ3v) is 3.90. The van der Waals surface area contributed by atoms with Gasteiger partial charge in [0.25, 0.3) is 5.91 Å². The molecule has 0 aliphatic carbocycles. The Morgan fingerprint density at radius 2 is 2.00 bits per heavy atom. The van der Waals surface area contributed by atoms with Gasteiger partial charge in [-0.3, -0.25) is 9.78 Å². The fourth-order valence-electron chi connectivity index (χ4n) is 2.10. The van der Waals surface area contributed by atoms with E-state index in [1.54, 1.807) is 18.3 Å². The molecular formula is C18H16ClN5O. The number of hydrogen-bond acceptors (Lipinski definition) is 5. The molecule has 0 aliphatic rings. The van der Waals surface area contributed by atoms with Gasteiger partial charge in [-0.1, -0.05) is 23.7 Å². The van der Waals surface area contributed by atoms with Gasteiger partial charge in [-0.2, -0.15) is 0 Å². The minimum absolute atomic E-state index is 0.239. The molecular weight excluding hydrogens is 338 g/mol. The highest BCUT2D eigenvalue weighted by Crippen LogP contribution is 2.22. The zero-order valence-electron chi connectivity index (χ0n) is 13.5. The number of benzene rings is 1. The molecule has 0 saturated heterocycles. The summed E-state index contributed by atoms with van der Waals surface area (Å²) in [5, 5.41) is 14.5. The molecule has 0 spiro atoms. The van der Waals surface area contributed by atoms with Crippen molar-refractivity contribution in [3.63, 3.8) is 0 Å². The number of anilines is 2. The van der Waals surface area contributed by atoms with Crippen LogP contribution in [0.3, 0.4) is 0 Å². The maximum atomic E-state index is 12.1. The average molecular weight is 354 g/mol. The molecule has 3 rings (SSSR count). The highest BCUT2D eigenvalue weighted by molar-refractivity contribution is 6.31. The van der Waals surface area contributed by atoms with Gasteiger partial charge in [0.1, 0.15) is 0 Å². The largest absolute Gasteiger partial charge is 0.345 e. The molecule has 0 unspecified atom stereocenters. The predicted molar refractivity (Wildman–Crippen MR) is 96.9 cm³/mol. The van der Waals surface area contributed by atoms with E-state index < -0.39 is 0 Å². The molecule has 0 radical (unpaired) electrons. The van der Waals surface area contributed by atoms with Crippen LogP contribution in [0.1, 0.15) is 21.7 Å². The zero-order valence-corrected chi connectivity index (χ0v) is 14.3. The van der Waals surface area contributed by atoms with E-state index in [9.17, 15) is 4.79 Å². The van der Waals surface area contributed by atoms with Crippen molar-refractivity contribution in [1.82, 2.24) is 20.5 Å². The van der Waals surface area contributed by atoms with Crippen molar-refractivity contribution < 1.29 is 4.79 Å². The molecule has 0 bridgehead atoms. The SMILES string of the molecule is Cc1ccc(Nc2ccc(C(=O)NCc3ccccn3)nn2)cc1Cl. The molecule has 0 saturated carbocycles. The van der Waals surface area contributed by atoms with Gasteiger partial charge < -0.3 is 10.6 Å². The van der Waals surface area contributed by atoms with E-state index >= 15 is 0 Å². The molecule has 3 aromatic rings. The van der Waals surface area contributed by atoms with Crippen LogP contribution < -0.4 is 10.6 Å². The predicted octanol–water partition coefficient (Wildman–Crippen LogP) is 3.51. The first-order chi connectivity index (χ1) is 12.1. The van der Waals surface area contributed by atoms with Crippen molar-refractivity contribution in [2.24, 2.45) is 0 Å². The van der Waals surface area contributed by atoms with Gasteiger partial charge in [-0.15, -0.1) is 10.2 Å². The lowest BCUT2D eigenvalue weighted by Gasteiger charge is -2.07. The van der Waals surface area contributed by atoms with Crippen molar-refractivity contribution >= 4 is 29.0 Å². The number of rotatable bonds is 5. The third kappa shape index (κ3) is 4.51. The summed E-state index contributed by atoms with van der Waals surface area (Å²) in [4.78, 5) is 16.2. The number of amides is 1. The second-order valence-corrected chi connectivity index (χ2v) is 5.80. The molecule has 1 amide bonds. The number of hydrogen-bond donors (Lipinski definition) is 2. The Hall–Kier alpha value is -2.99. The Bertz CT molecular complexity index is 868. The van der Waals surface area contributed by atoms with Gasteiger partial charge in [0.2, 0.25) is 0 Å². The van der Waals surface area contributed by atoms with E-state index in [1.807, 2.05) is 43.3 Å². The van der Waals surface area contributed by atoms with Crippen LogP contribution in [0, 0.1) is 6.92 Å². The molecule has 2 N–H and O–H groups in total. The van der Waals surface area contributed by atoms with Crippen LogP contribution in [0.4, 0.5) is 11.5 Å². The van der Waals surface area contributed by atoms with E-state index in [1.165, 1.54) is 0 Å². The molecule has 0 fully saturated rings. The first-order valence-corrected chi connectivity index (χ1v) is 8.04. The third-order valence-electron chi connectivity index (χ3n) is 3.50. The molecule has 1 aromatic carbocycles. The number of aromatic nitrogens is 3. The van der Waals surface area contributed by atoms with Gasteiger partial charge in [-0.25, -0.2) is 0 Å². The Labute approximate surface area is 150 Å². The van der Waals surface area contributed by atoms with Crippen LogP contribution in [0.5, 0.6) is 0 Å². The lowest BCUT2D eigenvalue weighted by atomic mass is 10.2. The van der Waals surface area contributed by atoms with Crippen LogP contribution in [0.15, 0.2) is 54.7 Å². The first kappa shape index (κ1) is 16.9. The van der Waals surface area contributed by atoms with Crippen LogP contribution in [0.2, 0.25) is 5.02 Å². The molecule has 7 heteroatoms. The number of pyridine rings is 1. The van der Waals surface area contributed by atoms with E-state index in [2.05, 4.69) is 25.8 Å². The minimum atomic E-state index is -0.303. The van der Waals surface area contributed by atoms with Crippen molar-refractivity contribution in [2.75, 3.05) is 5.32 Å². The second kappa shape index (κ2) is 7.72. The highest BCUT2D eigenvalue weighted by atomic mass is 35.5. The topological polar surface area (TPSA) is 79.8 Å². The summed E-state index contributed by atoms with van der Waals surface area (Å²) in [6.07, 6.45) is 1.68. The van der Waals surface area contributed by atoms with Crippen molar-refractivity contribution in [2.45, 2.75) is 13.5 Å². The Balaban J connectivity index is 1.61. The fraction of sp³-hybridized carbons (Fsp3) is 0.111. The summed E-state index contributed by atoms with van der Waals surface area (Å²) in [5.41, 5.74) is 2.82. The molecule has 2 heterocycles. The van der Waals surface area contributed by atoms with Gasteiger partial charge in [0.15, 0.2) is 11.5 Å². The second-order valence-electron chi connectivity index (χ2n) is 5.40. The van der Waals surface area contributed by atoms with Gasteiger partial charge >= 0.3 is 0 Å². The molecule has 25 heavy (non-hydrogen) atoms. The molecule has 2 aromatic heterocycles.